The van der Waals surface area contributed by atoms with E-state index < -0.39 is 0 Å². The van der Waals surface area contributed by atoms with Crippen LogP contribution in [0.5, 0.6) is 0 Å². The van der Waals surface area contributed by atoms with E-state index in [1.165, 1.54) is 5.56 Å². The average Bonchev–Trinajstić information content (AvgIpc) is 2.43. The molecular formula is C9H17N3O. The van der Waals surface area contributed by atoms with Crippen LogP contribution in [0.2, 0.25) is 0 Å². The molecule has 1 aromatic rings. The molecule has 13 heavy (non-hydrogen) atoms. The first kappa shape index (κ1) is 10.2. The fourth-order valence-electron chi connectivity index (χ4n) is 1.33. The summed E-state index contributed by atoms with van der Waals surface area (Å²) >= 11 is 0. The van der Waals surface area contributed by atoms with Gasteiger partial charge >= 0.3 is 0 Å². The van der Waals surface area contributed by atoms with Crippen LogP contribution in [0, 0.1) is 0 Å². The van der Waals surface area contributed by atoms with E-state index in [0.717, 1.165) is 5.69 Å². The standard InChI is InChI=1S/C9H17N3O/c1-7(2)9-8(5-10-13-4)6-12(3)11-9/h6-7,10H,5H2,1-4H3. The van der Waals surface area contributed by atoms with Crippen LogP contribution in [-0.2, 0) is 18.4 Å². The van der Waals surface area contributed by atoms with Crippen molar-refractivity contribution in [3.63, 3.8) is 0 Å². The molecule has 4 nitrogen and oxygen atoms in total. The monoisotopic (exact) mass is 183 g/mol. The number of aromatic nitrogens is 2. The third kappa shape index (κ3) is 2.54. The molecule has 1 aromatic heterocycles. The first-order valence-electron chi connectivity index (χ1n) is 4.43. The zero-order valence-electron chi connectivity index (χ0n) is 8.66. The number of nitrogens with zero attached hydrogens (tertiary/aromatic N) is 2. The smallest absolute Gasteiger partial charge is 0.0695 e. The Morgan fingerprint density at radius 1 is 1.62 bits per heavy atom. The lowest BCUT2D eigenvalue weighted by Crippen LogP contribution is -2.11. The minimum absolute atomic E-state index is 0.454. The summed E-state index contributed by atoms with van der Waals surface area (Å²) in [4.78, 5) is 4.80. The molecule has 1 N–H and O–H groups in total. The maximum absolute atomic E-state index is 4.80. The van der Waals surface area contributed by atoms with Gasteiger partial charge in [-0.15, -0.1) is 0 Å². The Balaban J connectivity index is 2.78. The van der Waals surface area contributed by atoms with Gasteiger partial charge in [-0.05, 0) is 5.92 Å². The number of hydroxylamine groups is 1. The summed E-state index contributed by atoms with van der Waals surface area (Å²) in [5.74, 6) is 0.454. The Morgan fingerprint density at radius 3 is 2.85 bits per heavy atom. The zero-order chi connectivity index (χ0) is 9.84. The van der Waals surface area contributed by atoms with Gasteiger partial charge in [0.05, 0.1) is 12.8 Å². The highest BCUT2D eigenvalue weighted by atomic mass is 16.6. The van der Waals surface area contributed by atoms with Crippen molar-refractivity contribution in [1.82, 2.24) is 15.3 Å². The van der Waals surface area contributed by atoms with Crippen molar-refractivity contribution >= 4 is 0 Å². The van der Waals surface area contributed by atoms with Gasteiger partial charge in [0.2, 0.25) is 0 Å². The van der Waals surface area contributed by atoms with E-state index >= 15 is 0 Å². The highest BCUT2D eigenvalue weighted by molar-refractivity contribution is 5.19. The van der Waals surface area contributed by atoms with Crippen LogP contribution in [0.1, 0.15) is 31.0 Å². The topological polar surface area (TPSA) is 39.1 Å². The molecule has 1 rings (SSSR count). The second-order valence-electron chi connectivity index (χ2n) is 3.39. The molecule has 0 aromatic carbocycles. The Kier molecular flexibility index (Phi) is 3.45. The van der Waals surface area contributed by atoms with E-state index in [1.807, 2.05) is 17.9 Å². The lowest BCUT2D eigenvalue weighted by Gasteiger charge is -2.04. The predicted octanol–water partition coefficient (Wildman–Crippen LogP) is 1.19. The number of aryl methyl sites for hydroxylation is 1. The third-order valence-corrected chi connectivity index (χ3v) is 1.89. The number of rotatable bonds is 4. The molecule has 0 aliphatic carbocycles. The van der Waals surface area contributed by atoms with E-state index in [4.69, 9.17) is 4.84 Å². The first-order chi connectivity index (χ1) is 6.15. The van der Waals surface area contributed by atoms with Crippen molar-refractivity contribution in [3.8, 4) is 0 Å². The molecule has 1 heterocycles. The molecule has 4 heteroatoms. The Morgan fingerprint density at radius 2 is 2.31 bits per heavy atom. The maximum Gasteiger partial charge on any atom is 0.0695 e. The number of nitrogens with one attached hydrogen (secondary N) is 1. The highest BCUT2D eigenvalue weighted by Gasteiger charge is 2.10. The van der Waals surface area contributed by atoms with Gasteiger partial charge in [0.15, 0.2) is 0 Å². The van der Waals surface area contributed by atoms with E-state index in [-0.39, 0.29) is 0 Å². The van der Waals surface area contributed by atoms with Crippen LogP contribution in [0.4, 0.5) is 0 Å². The minimum Gasteiger partial charge on any atom is -0.305 e. The third-order valence-electron chi connectivity index (χ3n) is 1.89. The van der Waals surface area contributed by atoms with Gasteiger partial charge < -0.3 is 4.84 Å². The minimum atomic E-state index is 0.454. The average molecular weight is 183 g/mol. The highest BCUT2D eigenvalue weighted by Crippen LogP contribution is 2.16. The fourth-order valence-corrected chi connectivity index (χ4v) is 1.33. The largest absolute Gasteiger partial charge is 0.305 e. The molecule has 0 saturated heterocycles. The van der Waals surface area contributed by atoms with Crippen LogP contribution >= 0.6 is 0 Å². The summed E-state index contributed by atoms with van der Waals surface area (Å²) in [5.41, 5.74) is 5.15. The predicted molar refractivity (Wildman–Crippen MR) is 51.1 cm³/mol. The van der Waals surface area contributed by atoms with Gasteiger partial charge in [-0.25, -0.2) is 0 Å². The van der Waals surface area contributed by atoms with E-state index in [1.54, 1.807) is 7.11 Å². The zero-order valence-corrected chi connectivity index (χ0v) is 8.66. The van der Waals surface area contributed by atoms with Crippen molar-refractivity contribution in [2.75, 3.05) is 7.11 Å². The molecule has 0 atom stereocenters. The van der Waals surface area contributed by atoms with Crippen LogP contribution in [-0.4, -0.2) is 16.9 Å². The lowest BCUT2D eigenvalue weighted by molar-refractivity contribution is 0.0865. The van der Waals surface area contributed by atoms with Gasteiger partial charge in [-0.1, -0.05) is 13.8 Å². The van der Waals surface area contributed by atoms with Gasteiger partial charge in [-0.2, -0.15) is 10.6 Å². The Hall–Kier alpha value is -0.870. The number of hydrogen-bond donors (Lipinski definition) is 1. The second kappa shape index (κ2) is 4.39. The Labute approximate surface area is 78.8 Å². The molecule has 0 saturated carbocycles. The maximum atomic E-state index is 4.80. The van der Waals surface area contributed by atoms with E-state index in [9.17, 15) is 0 Å². The molecule has 0 aliphatic rings. The molecule has 0 radical (unpaired) electrons. The van der Waals surface area contributed by atoms with Crippen LogP contribution < -0.4 is 5.48 Å². The van der Waals surface area contributed by atoms with Crippen LogP contribution in [0.3, 0.4) is 0 Å². The SMILES string of the molecule is CONCc1cn(C)nc1C(C)C. The van der Waals surface area contributed by atoms with Gasteiger partial charge in [0, 0.05) is 25.4 Å². The fraction of sp³-hybridized carbons (Fsp3) is 0.667. The van der Waals surface area contributed by atoms with Crippen molar-refractivity contribution < 1.29 is 4.84 Å². The van der Waals surface area contributed by atoms with Crippen molar-refractivity contribution in [2.24, 2.45) is 7.05 Å². The summed E-state index contributed by atoms with van der Waals surface area (Å²) in [6.45, 7) is 4.98. The van der Waals surface area contributed by atoms with E-state index in [2.05, 4.69) is 24.4 Å². The van der Waals surface area contributed by atoms with Crippen molar-refractivity contribution in [3.05, 3.63) is 17.5 Å². The molecule has 0 aliphatic heterocycles. The summed E-state index contributed by atoms with van der Waals surface area (Å²) in [7, 11) is 3.55. The Bertz CT molecular complexity index is 268. The van der Waals surface area contributed by atoms with Crippen molar-refractivity contribution in [2.45, 2.75) is 26.3 Å². The summed E-state index contributed by atoms with van der Waals surface area (Å²) in [5, 5.41) is 4.38. The van der Waals surface area contributed by atoms with E-state index in [0.29, 0.717) is 12.5 Å². The first-order valence-corrected chi connectivity index (χ1v) is 4.43. The molecule has 74 valence electrons. The number of hydrogen-bond acceptors (Lipinski definition) is 3. The van der Waals surface area contributed by atoms with Crippen molar-refractivity contribution in [1.29, 1.82) is 0 Å². The van der Waals surface area contributed by atoms with Crippen LogP contribution in [0.25, 0.3) is 0 Å². The lowest BCUT2D eigenvalue weighted by atomic mass is 10.1. The molecule has 0 fully saturated rings. The van der Waals surface area contributed by atoms with Crippen LogP contribution in [0.15, 0.2) is 6.20 Å². The van der Waals surface area contributed by atoms with Gasteiger partial charge in [0.25, 0.3) is 0 Å². The van der Waals surface area contributed by atoms with Gasteiger partial charge in [0.1, 0.15) is 0 Å². The molecule has 0 spiro atoms. The molecule has 0 unspecified atom stereocenters. The molecule has 0 amide bonds. The molecular weight excluding hydrogens is 166 g/mol. The summed E-state index contributed by atoms with van der Waals surface area (Å²) in [6, 6.07) is 0. The second-order valence-corrected chi connectivity index (χ2v) is 3.39. The molecule has 0 bridgehead atoms. The van der Waals surface area contributed by atoms with Gasteiger partial charge in [-0.3, -0.25) is 4.68 Å². The quantitative estimate of drug-likeness (QED) is 0.713. The summed E-state index contributed by atoms with van der Waals surface area (Å²) < 4.78 is 1.84. The summed E-state index contributed by atoms with van der Waals surface area (Å²) in [6.07, 6.45) is 2.02. The normalized spacial score (nSPS) is 11.2.